The van der Waals surface area contributed by atoms with E-state index in [2.05, 4.69) is 10.0 Å². The summed E-state index contributed by atoms with van der Waals surface area (Å²) < 4.78 is 64.7. The lowest BCUT2D eigenvalue weighted by molar-refractivity contribution is -0.137. The molecule has 9 heteroatoms. The van der Waals surface area contributed by atoms with E-state index in [1.54, 1.807) is 0 Å². The molecule has 1 heterocycles. The summed E-state index contributed by atoms with van der Waals surface area (Å²) in [6.07, 6.45) is -3.78. The van der Waals surface area contributed by atoms with Crippen molar-refractivity contribution in [3.63, 3.8) is 0 Å². The Balaban J connectivity index is 2.23. The molecular weight excluding hydrogens is 329 g/mol. The Labute approximate surface area is 125 Å². The predicted molar refractivity (Wildman–Crippen MR) is 74.9 cm³/mol. The summed E-state index contributed by atoms with van der Waals surface area (Å²) in [6.45, 7) is 1.14. The van der Waals surface area contributed by atoms with Crippen LogP contribution in [0.1, 0.15) is 18.4 Å². The Kier molecular flexibility index (Phi) is 4.69. The number of piperidine rings is 1. The molecule has 0 saturated carbocycles. The second-order valence-corrected chi connectivity index (χ2v) is 7.16. The van der Waals surface area contributed by atoms with E-state index in [-0.39, 0.29) is 5.69 Å². The number of anilines is 1. The second-order valence-electron chi connectivity index (χ2n) is 4.79. The van der Waals surface area contributed by atoms with Gasteiger partial charge >= 0.3 is 6.18 Å². The Hall–Kier alpha value is -0.990. The fourth-order valence-electron chi connectivity index (χ4n) is 2.16. The molecule has 0 spiro atoms. The van der Waals surface area contributed by atoms with Crippen LogP contribution in [0.15, 0.2) is 18.2 Å². The smallest absolute Gasteiger partial charge is 0.317 e. The van der Waals surface area contributed by atoms with Crippen molar-refractivity contribution >= 4 is 27.3 Å². The van der Waals surface area contributed by atoms with Gasteiger partial charge in [0.15, 0.2) is 0 Å². The zero-order chi connectivity index (χ0) is 15.7. The van der Waals surface area contributed by atoms with Crippen LogP contribution in [0.3, 0.4) is 0 Å². The maximum absolute atomic E-state index is 12.7. The third-order valence-electron chi connectivity index (χ3n) is 3.26. The quantitative estimate of drug-likeness (QED) is 0.888. The van der Waals surface area contributed by atoms with Gasteiger partial charge in [-0.15, -0.1) is 0 Å². The van der Waals surface area contributed by atoms with Gasteiger partial charge in [0.25, 0.3) is 0 Å². The van der Waals surface area contributed by atoms with Crippen LogP contribution in [-0.4, -0.2) is 26.8 Å². The second kappa shape index (κ2) is 6.02. The van der Waals surface area contributed by atoms with E-state index in [4.69, 9.17) is 11.6 Å². The number of hydrogen-bond donors (Lipinski definition) is 2. The van der Waals surface area contributed by atoms with Crippen molar-refractivity contribution in [1.82, 2.24) is 5.32 Å². The van der Waals surface area contributed by atoms with Gasteiger partial charge in [0.05, 0.1) is 15.8 Å². The molecule has 4 nitrogen and oxygen atoms in total. The van der Waals surface area contributed by atoms with E-state index in [1.165, 1.54) is 6.07 Å². The van der Waals surface area contributed by atoms with Crippen molar-refractivity contribution in [2.45, 2.75) is 24.3 Å². The SMILES string of the molecule is O=S(=O)(Nc1ccc(Cl)c(C(F)(F)F)c1)C1CCNCC1. The summed E-state index contributed by atoms with van der Waals surface area (Å²) in [5.41, 5.74) is -1.19. The lowest BCUT2D eigenvalue weighted by atomic mass is 10.2. The Morgan fingerprint density at radius 3 is 2.43 bits per heavy atom. The third kappa shape index (κ3) is 4.02. The molecule has 1 aromatic rings. The molecule has 0 radical (unpaired) electrons. The van der Waals surface area contributed by atoms with E-state index < -0.39 is 32.0 Å². The van der Waals surface area contributed by atoms with Crippen molar-refractivity contribution in [3.05, 3.63) is 28.8 Å². The highest BCUT2D eigenvalue weighted by atomic mass is 35.5. The molecule has 1 fully saturated rings. The minimum Gasteiger partial charge on any atom is -0.317 e. The summed E-state index contributed by atoms with van der Waals surface area (Å²) in [7, 11) is -3.71. The van der Waals surface area contributed by atoms with Crippen molar-refractivity contribution in [2.24, 2.45) is 0 Å². The summed E-state index contributed by atoms with van der Waals surface area (Å²) >= 11 is 5.50. The molecule has 0 aromatic heterocycles. The van der Waals surface area contributed by atoms with Gasteiger partial charge in [0.2, 0.25) is 10.0 Å². The molecule has 2 rings (SSSR count). The molecular formula is C12H14ClF3N2O2S. The van der Waals surface area contributed by atoms with Gasteiger partial charge < -0.3 is 5.32 Å². The van der Waals surface area contributed by atoms with Crippen LogP contribution >= 0.6 is 11.6 Å². The maximum Gasteiger partial charge on any atom is 0.417 e. The van der Waals surface area contributed by atoms with Gasteiger partial charge in [0.1, 0.15) is 0 Å². The normalized spacial score (nSPS) is 17.7. The number of nitrogens with one attached hydrogen (secondary N) is 2. The molecule has 118 valence electrons. The molecule has 0 amide bonds. The molecule has 0 unspecified atom stereocenters. The van der Waals surface area contributed by atoms with Crippen molar-refractivity contribution < 1.29 is 21.6 Å². The number of benzene rings is 1. The van der Waals surface area contributed by atoms with Gasteiger partial charge in [-0.1, -0.05) is 11.6 Å². The minimum absolute atomic E-state index is 0.134. The summed E-state index contributed by atoms with van der Waals surface area (Å²) in [5, 5.41) is 1.96. The van der Waals surface area contributed by atoms with E-state index >= 15 is 0 Å². The van der Waals surface area contributed by atoms with Crippen molar-refractivity contribution in [2.75, 3.05) is 17.8 Å². The molecule has 1 saturated heterocycles. The Morgan fingerprint density at radius 1 is 1.24 bits per heavy atom. The zero-order valence-electron chi connectivity index (χ0n) is 10.9. The Morgan fingerprint density at radius 2 is 1.86 bits per heavy atom. The average Bonchev–Trinajstić information content (AvgIpc) is 2.40. The third-order valence-corrected chi connectivity index (χ3v) is 5.46. The van der Waals surface area contributed by atoms with Gasteiger partial charge in [-0.25, -0.2) is 8.42 Å². The van der Waals surface area contributed by atoms with Crippen LogP contribution in [0.25, 0.3) is 0 Å². The van der Waals surface area contributed by atoms with Crippen LogP contribution in [0.5, 0.6) is 0 Å². The van der Waals surface area contributed by atoms with Gasteiger partial charge in [-0.05, 0) is 44.1 Å². The number of hydrogen-bond acceptors (Lipinski definition) is 3. The van der Waals surface area contributed by atoms with Crippen LogP contribution < -0.4 is 10.0 Å². The van der Waals surface area contributed by atoms with E-state index in [0.29, 0.717) is 32.0 Å². The lowest BCUT2D eigenvalue weighted by Gasteiger charge is -2.23. The van der Waals surface area contributed by atoms with Gasteiger partial charge in [0, 0.05) is 5.69 Å². The molecule has 0 aliphatic carbocycles. The lowest BCUT2D eigenvalue weighted by Crippen LogP contribution is -2.38. The topological polar surface area (TPSA) is 58.2 Å². The van der Waals surface area contributed by atoms with E-state index in [1.807, 2.05) is 0 Å². The number of sulfonamides is 1. The maximum atomic E-state index is 12.7. The van der Waals surface area contributed by atoms with E-state index in [0.717, 1.165) is 6.07 Å². The average molecular weight is 343 g/mol. The first-order valence-corrected chi connectivity index (χ1v) is 8.22. The summed E-state index contributed by atoms with van der Waals surface area (Å²) in [6, 6.07) is 2.96. The van der Waals surface area contributed by atoms with Crippen LogP contribution in [-0.2, 0) is 16.2 Å². The largest absolute Gasteiger partial charge is 0.417 e. The van der Waals surface area contributed by atoms with Gasteiger partial charge in [-0.2, -0.15) is 13.2 Å². The van der Waals surface area contributed by atoms with Crippen molar-refractivity contribution in [1.29, 1.82) is 0 Å². The van der Waals surface area contributed by atoms with Crippen LogP contribution in [0, 0.1) is 0 Å². The zero-order valence-corrected chi connectivity index (χ0v) is 12.4. The van der Waals surface area contributed by atoms with E-state index in [9.17, 15) is 21.6 Å². The monoisotopic (exact) mass is 342 g/mol. The fraction of sp³-hybridized carbons (Fsp3) is 0.500. The van der Waals surface area contributed by atoms with Gasteiger partial charge in [-0.3, -0.25) is 4.72 Å². The molecule has 21 heavy (non-hydrogen) atoms. The minimum atomic E-state index is -4.63. The fourth-order valence-corrected chi connectivity index (χ4v) is 3.86. The highest BCUT2D eigenvalue weighted by Crippen LogP contribution is 2.36. The highest BCUT2D eigenvalue weighted by molar-refractivity contribution is 7.93. The standard InChI is InChI=1S/C12H14ClF3N2O2S/c13-11-2-1-8(7-10(11)12(14,15)16)18-21(19,20)9-3-5-17-6-4-9/h1-2,7,9,17-18H,3-6H2. The molecule has 1 aliphatic rings. The molecule has 0 bridgehead atoms. The summed E-state index contributed by atoms with van der Waals surface area (Å²) in [4.78, 5) is 0. The molecule has 0 atom stereocenters. The first-order valence-electron chi connectivity index (χ1n) is 6.29. The number of halogens is 4. The van der Waals surface area contributed by atoms with Crippen molar-refractivity contribution in [3.8, 4) is 0 Å². The molecule has 2 N–H and O–H groups in total. The van der Waals surface area contributed by atoms with Crippen LogP contribution in [0.4, 0.5) is 18.9 Å². The first kappa shape index (κ1) is 16.4. The first-order chi connectivity index (χ1) is 9.70. The van der Waals surface area contributed by atoms with Crippen LogP contribution in [0.2, 0.25) is 5.02 Å². The Bertz CT molecular complexity index is 613. The number of alkyl halides is 3. The molecule has 1 aliphatic heterocycles. The predicted octanol–water partition coefficient (Wildman–Crippen LogP) is 2.85. The highest BCUT2D eigenvalue weighted by Gasteiger charge is 2.34. The summed E-state index contributed by atoms with van der Waals surface area (Å²) in [5.74, 6) is 0. The molecule has 1 aromatic carbocycles. The number of rotatable bonds is 3.